The molecule has 1 aliphatic heterocycles. The van der Waals surface area contributed by atoms with E-state index in [9.17, 15) is 13.2 Å². The summed E-state index contributed by atoms with van der Waals surface area (Å²) in [6.07, 6.45) is 3.16. The Bertz CT molecular complexity index is 1500. The lowest BCUT2D eigenvalue weighted by atomic mass is 9.96. The summed E-state index contributed by atoms with van der Waals surface area (Å²) in [6, 6.07) is 21.8. The first-order chi connectivity index (χ1) is 17.4. The van der Waals surface area contributed by atoms with E-state index >= 15 is 0 Å². The van der Waals surface area contributed by atoms with Gasteiger partial charge in [0.1, 0.15) is 5.52 Å². The van der Waals surface area contributed by atoms with Gasteiger partial charge in [0.2, 0.25) is 15.9 Å². The average molecular weight is 502 g/mol. The summed E-state index contributed by atoms with van der Waals surface area (Å²) >= 11 is 0. The standard InChI is InChI=1S/C27H27N5O3S/c28-27(33)20-12-15-32(16-13-20)25-11-14-29-24-10-9-23(31-26(24)25)21-7-4-8-22(17-21)36(34,35)30-18-19-5-2-1-3-6-19/h1-11,14,17,20,30H,12-13,15-16,18H2,(H2,28,33). The predicted octanol–water partition coefficient (Wildman–Crippen LogP) is 3.48. The van der Waals surface area contributed by atoms with E-state index in [0.29, 0.717) is 37.2 Å². The summed E-state index contributed by atoms with van der Waals surface area (Å²) in [5.41, 5.74) is 10.2. The summed E-state index contributed by atoms with van der Waals surface area (Å²) in [7, 11) is -3.71. The van der Waals surface area contributed by atoms with Crippen LogP contribution >= 0.6 is 0 Å². The van der Waals surface area contributed by atoms with E-state index in [0.717, 1.165) is 22.3 Å². The largest absolute Gasteiger partial charge is 0.370 e. The predicted molar refractivity (Wildman–Crippen MR) is 140 cm³/mol. The zero-order valence-electron chi connectivity index (χ0n) is 19.7. The zero-order chi connectivity index (χ0) is 25.1. The SMILES string of the molecule is NC(=O)C1CCN(c2ccnc3ccc(-c4cccc(S(=O)(=O)NCc5ccccc5)c4)nc23)CC1. The van der Waals surface area contributed by atoms with E-state index in [4.69, 9.17) is 10.7 Å². The minimum atomic E-state index is -3.71. The summed E-state index contributed by atoms with van der Waals surface area (Å²) < 4.78 is 28.6. The number of pyridine rings is 2. The Morgan fingerprint density at radius 1 is 1.00 bits per heavy atom. The number of amides is 1. The lowest BCUT2D eigenvalue weighted by Gasteiger charge is -2.32. The number of rotatable bonds is 7. The van der Waals surface area contributed by atoms with Gasteiger partial charge in [-0.2, -0.15) is 0 Å². The van der Waals surface area contributed by atoms with Crippen LogP contribution in [0.4, 0.5) is 5.69 Å². The van der Waals surface area contributed by atoms with Gasteiger partial charge >= 0.3 is 0 Å². The van der Waals surface area contributed by atoms with Gasteiger partial charge in [0.15, 0.2) is 0 Å². The second kappa shape index (κ2) is 10.0. The number of fused-ring (bicyclic) bond motifs is 1. The van der Waals surface area contributed by atoms with Crippen molar-refractivity contribution in [3.05, 3.63) is 84.6 Å². The van der Waals surface area contributed by atoms with Gasteiger partial charge in [-0.05, 0) is 48.7 Å². The van der Waals surface area contributed by atoms with Crippen LogP contribution in [0.5, 0.6) is 0 Å². The van der Waals surface area contributed by atoms with E-state index in [1.807, 2.05) is 54.6 Å². The maximum Gasteiger partial charge on any atom is 0.240 e. The highest BCUT2D eigenvalue weighted by molar-refractivity contribution is 7.89. The number of sulfonamides is 1. The van der Waals surface area contributed by atoms with Crippen LogP contribution in [0.1, 0.15) is 18.4 Å². The van der Waals surface area contributed by atoms with E-state index in [1.54, 1.807) is 24.4 Å². The molecule has 0 saturated carbocycles. The van der Waals surface area contributed by atoms with Gasteiger partial charge < -0.3 is 10.6 Å². The molecule has 3 N–H and O–H groups in total. The molecule has 1 aliphatic rings. The molecule has 1 amide bonds. The molecular formula is C27H27N5O3S. The number of hydrogen-bond donors (Lipinski definition) is 2. The van der Waals surface area contributed by atoms with Gasteiger partial charge in [0.25, 0.3) is 0 Å². The van der Waals surface area contributed by atoms with Crippen molar-refractivity contribution in [3.8, 4) is 11.3 Å². The van der Waals surface area contributed by atoms with Crippen LogP contribution in [0.3, 0.4) is 0 Å². The van der Waals surface area contributed by atoms with Crippen molar-refractivity contribution in [1.29, 1.82) is 0 Å². The molecule has 2 aromatic carbocycles. The molecule has 0 atom stereocenters. The summed E-state index contributed by atoms with van der Waals surface area (Å²) in [4.78, 5) is 23.3. The van der Waals surface area contributed by atoms with Gasteiger partial charge in [0.05, 0.1) is 21.8 Å². The lowest BCUT2D eigenvalue weighted by molar-refractivity contribution is -0.122. The van der Waals surface area contributed by atoms with E-state index in [1.165, 1.54) is 0 Å². The molecule has 3 heterocycles. The van der Waals surface area contributed by atoms with Gasteiger partial charge in [-0.25, -0.2) is 18.1 Å². The van der Waals surface area contributed by atoms with Crippen LogP contribution in [0.25, 0.3) is 22.3 Å². The number of nitrogens with zero attached hydrogens (tertiary/aromatic N) is 3. The maximum absolute atomic E-state index is 13.0. The average Bonchev–Trinajstić information content (AvgIpc) is 2.92. The lowest BCUT2D eigenvalue weighted by Crippen LogP contribution is -2.38. The van der Waals surface area contributed by atoms with Crippen LogP contribution < -0.4 is 15.4 Å². The second-order valence-electron chi connectivity index (χ2n) is 8.90. The number of nitrogens with one attached hydrogen (secondary N) is 1. The number of carbonyl (C=O) groups excluding carboxylic acids is 1. The molecule has 0 radical (unpaired) electrons. The van der Waals surface area contributed by atoms with Crippen molar-refractivity contribution in [1.82, 2.24) is 14.7 Å². The Morgan fingerprint density at radius 3 is 2.53 bits per heavy atom. The molecule has 2 aromatic heterocycles. The first-order valence-corrected chi connectivity index (χ1v) is 13.3. The third-order valence-electron chi connectivity index (χ3n) is 6.55. The molecule has 4 aromatic rings. The molecule has 9 heteroatoms. The number of carbonyl (C=O) groups is 1. The van der Waals surface area contributed by atoms with Crippen molar-refractivity contribution in [2.45, 2.75) is 24.3 Å². The maximum atomic E-state index is 13.0. The minimum Gasteiger partial charge on any atom is -0.370 e. The number of aromatic nitrogens is 2. The Kier molecular flexibility index (Phi) is 6.67. The zero-order valence-corrected chi connectivity index (χ0v) is 20.5. The van der Waals surface area contributed by atoms with E-state index in [2.05, 4.69) is 14.6 Å². The smallest absolute Gasteiger partial charge is 0.240 e. The van der Waals surface area contributed by atoms with Gasteiger partial charge in [-0.1, -0.05) is 42.5 Å². The highest BCUT2D eigenvalue weighted by atomic mass is 32.2. The summed E-state index contributed by atoms with van der Waals surface area (Å²) in [5.74, 6) is -0.346. The highest BCUT2D eigenvalue weighted by Gasteiger charge is 2.24. The normalized spacial score (nSPS) is 14.7. The molecule has 0 spiro atoms. The number of primary amides is 1. The van der Waals surface area contributed by atoms with E-state index in [-0.39, 0.29) is 23.3 Å². The third kappa shape index (κ3) is 5.07. The molecule has 0 bridgehead atoms. The fourth-order valence-electron chi connectivity index (χ4n) is 4.51. The summed E-state index contributed by atoms with van der Waals surface area (Å²) in [6.45, 7) is 1.63. The quantitative estimate of drug-likeness (QED) is 0.400. The van der Waals surface area contributed by atoms with Crippen molar-refractivity contribution in [3.63, 3.8) is 0 Å². The molecule has 36 heavy (non-hydrogen) atoms. The van der Waals surface area contributed by atoms with Crippen molar-refractivity contribution < 1.29 is 13.2 Å². The molecule has 0 aliphatic carbocycles. The molecule has 1 saturated heterocycles. The van der Waals surface area contributed by atoms with Crippen LogP contribution in [0, 0.1) is 5.92 Å². The van der Waals surface area contributed by atoms with Gasteiger partial charge in [-0.15, -0.1) is 0 Å². The third-order valence-corrected chi connectivity index (χ3v) is 7.95. The monoisotopic (exact) mass is 501 g/mol. The Labute approximate surface area is 210 Å². The highest BCUT2D eigenvalue weighted by Crippen LogP contribution is 2.30. The fourth-order valence-corrected chi connectivity index (χ4v) is 5.58. The molecule has 184 valence electrons. The van der Waals surface area contributed by atoms with Crippen molar-refractivity contribution in [2.24, 2.45) is 11.7 Å². The van der Waals surface area contributed by atoms with Crippen LogP contribution in [-0.2, 0) is 21.4 Å². The van der Waals surface area contributed by atoms with Crippen LogP contribution in [-0.4, -0.2) is 37.4 Å². The number of nitrogens with two attached hydrogens (primary N) is 1. The summed E-state index contributed by atoms with van der Waals surface area (Å²) in [5, 5.41) is 0. The molecular weight excluding hydrogens is 474 g/mol. The van der Waals surface area contributed by atoms with Crippen molar-refractivity contribution in [2.75, 3.05) is 18.0 Å². The van der Waals surface area contributed by atoms with Gasteiger partial charge in [0, 0.05) is 37.3 Å². The van der Waals surface area contributed by atoms with Crippen molar-refractivity contribution >= 4 is 32.7 Å². The minimum absolute atomic E-state index is 0.0990. The van der Waals surface area contributed by atoms with Crippen LogP contribution in [0.15, 0.2) is 83.9 Å². The number of hydrogen-bond acceptors (Lipinski definition) is 6. The Balaban J connectivity index is 1.42. The number of benzene rings is 2. The fraction of sp³-hybridized carbons (Fsp3) is 0.222. The first-order valence-electron chi connectivity index (χ1n) is 11.8. The molecule has 0 unspecified atom stereocenters. The second-order valence-corrected chi connectivity index (χ2v) is 10.7. The Morgan fingerprint density at radius 2 is 1.78 bits per heavy atom. The van der Waals surface area contributed by atoms with E-state index < -0.39 is 10.0 Å². The molecule has 5 rings (SSSR count). The van der Waals surface area contributed by atoms with Gasteiger partial charge in [-0.3, -0.25) is 9.78 Å². The molecule has 1 fully saturated rings. The first kappa shape index (κ1) is 23.9. The number of piperidine rings is 1. The Hall–Kier alpha value is -3.82. The molecule has 8 nitrogen and oxygen atoms in total. The van der Waals surface area contributed by atoms with Crippen LogP contribution in [0.2, 0.25) is 0 Å². The number of anilines is 1. The topological polar surface area (TPSA) is 118 Å².